The fraction of sp³-hybridized carbons (Fsp3) is 0.462. The Labute approximate surface area is 114 Å². The second-order valence-corrected chi connectivity index (χ2v) is 4.74. The van der Waals surface area contributed by atoms with Crippen molar-refractivity contribution in [3.8, 4) is 0 Å². The number of anilines is 2. The van der Waals surface area contributed by atoms with E-state index in [1.54, 1.807) is 0 Å². The molecular weight excluding hydrogens is 250 g/mol. The molecule has 1 aliphatic heterocycles. The normalized spacial score (nSPS) is 14.7. The van der Waals surface area contributed by atoms with Crippen LogP contribution in [0.2, 0.25) is 0 Å². The van der Waals surface area contributed by atoms with Crippen LogP contribution < -0.4 is 16.0 Å². The number of amides is 1. The highest BCUT2D eigenvalue weighted by molar-refractivity contribution is 5.91. The molecule has 100 valence electrons. The van der Waals surface area contributed by atoms with E-state index in [9.17, 15) is 4.79 Å². The number of fused-ring (bicyclic) bond motifs is 1. The molecule has 0 aliphatic carbocycles. The van der Waals surface area contributed by atoms with Crippen molar-refractivity contribution in [3.05, 3.63) is 23.8 Å². The average molecular weight is 270 g/mol. The summed E-state index contributed by atoms with van der Waals surface area (Å²) in [7, 11) is 2.07. The predicted octanol–water partition coefficient (Wildman–Crippen LogP) is 1.78. The van der Waals surface area contributed by atoms with Gasteiger partial charge >= 0.3 is 0 Å². The highest BCUT2D eigenvalue weighted by Gasteiger charge is 2.16. The maximum Gasteiger partial charge on any atom is 0.225 e. The van der Waals surface area contributed by atoms with E-state index in [2.05, 4.69) is 23.3 Å². The first kappa shape index (κ1) is 14.8. The summed E-state index contributed by atoms with van der Waals surface area (Å²) in [5.74, 6) is -0.0272. The van der Waals surface area contributed by atoms with Gasteiger partial charge < -0.3 is 16.0 Å². The van der Waals surface area contributed by atoms with Crippen molar-refractivity contribution >= 4 is 29.7 Å². The van der Waals surface area contributed by atoms with Crippen LogP contribution in [0.5, 0.6) is 0 Å². The van der Waals surface area contributed by atoms with Gasteiger partial charge in [0.15, 0.2) is 0 Å². The van der Waals surface area contributed by atoms with Gasteiger partial charge in [-0.3, -0.25) is 4.79 Å². The van der Waals surface area contributed by atoms with Crippen LogP contribution >= 0.6 is 12.4 Å². The predicted molar refractivity (Wildman–Crippen MR) is 77.6 cm³/mol. The fourth-order valence-electron chi connectivity index (χ4n) is 2.12. The average Bonchev–Trinajstić information content (AvgIpc) is 2.59. The van der Waals surface area contributed by atoms with Crippen molar-refractivity contribution in [2.75, 3.05) is 23.8 Å². The molecule has 1 heterocycles. The Balaban J connectivity index is 0.00000162. The zero-order valence-corrected chi connectivity index (χ0v) is 11.6. The zero-order valence-electron chi connectivity index (χ0n) is 10.8. The van der Waals surface area contributed by atoms with Crippen molar-refractivity contribution in [1.82, 2.24) is 0 Å². The Bertz CT molecular complexity index is 434. The topological polar surface area (TPSA) is 58.4 Å². The Kier molecular flexibility index (Phi) is 4.99. The summed E-state index contributed by atoms with van der Waals surface area (Å²) in [5, 5.41) is 2.88. The molecule has 18 heavy (non-hydrogen) atoms. The zero-order chi connectivity index (χ0) is 12.4. The number of halogens is 1. The fourth-order valence-corrected chi connectivity index (χ4v) is 2.12. The molecule has 0 fully saturated rings. The number of rotatable bonds is 3. The summed E-state index contributed by atoms with van der Waals surface area (Å²) in [6.07, 6.45) is 1.44. The first-order valence-electron chi connectivity index (χ1n) is 5.96. The molecule has 1 aliphatic rings. The molecule has 0 bridgehead atoms. The Morgan fingerprint density at radius 1 is 1.56 bits per heavy atom. The Hall–Kier alpha value is -1.26. The summed E-state index contributed by atoms with van der Waals surface area (Å²) in [5.41, 5.74) is 9.00. The number of likely N-dealkylation sites (N-methyl/N-ethyl adjacent to an activating group) is 1. The van der Waals surface area contributed by atoms with Gasteiger partial charge in [-0.15, -0.1) is 12.4 Å². The number of carbonyl (C=O) groups excluding carboxylic acids is 1. The number of hydrogen-bond donors (Lipinski definition) is 2. The molecule has 4 nitrogen and oxygen atoms in total. The lowest BCUT2D eigenvalue weighted by molar-refractivity contribution is -0.116. The van der Waals surface area contributed by atoms with Gasteiger partial charge in [0.05, 0.1) is 0 Å². The molecule has 2 rings (SSSR count). The minimum Gasteiger partial charge on any atom is -0.374 e. The van der Waals surface area contributed by atoms with Crippen molar-refractivity contribution in [2.45, 2.75) is 25.8 Å². The Morgan fingerprint density at radius 3 is 2.94 bits per heavy atom. The second-order valence-electron chi connectivity index (χ2n) is 4.74. The number of nitrogens with one attached hydrogen (secondary N) is 1. The molecule has 1 unspecified atom stereocenters. The van der Waals surface area contributed by atoms with Crippen LogP contribution in [-0.4, -0.2) is 25.5 Å². The van der Waals surface area contributed by atoms with E-state index in [1.165, 1.54) is 11.3 Å². The van der Waals surface area contributed by atoms with Crippen molar-refractivity contribution in [1.29, 1.82) is 0 Å². The number of hydrogen-bond acceptors (Lipinski definition) is 3. The van der Waals surface area contributed by atoms with Crippen LogP contribution in [0.15, 0.2) is 18.2 Å². The van der Waals surface area contributed by atoms with Crippen molar-refractivity contribution in [2.24, 2.45) is 5.73 Å². The number of nitrogens with two attached hydrogens (primary N) is 1. The molecular formula is C13H20ClN3O. The van der Waals surface area contributed by atoms with E-state index >= 15 is 0 Å². The number of nitrogens with zero attached hydrogens (tertiary/aromatic N) is 1. The molecule has 0 saturated heterocycles. The molecule has 0 aromatic heterocycles. The van der Waals surface area contributed by atoms with Crippen LogP contribution in [0.4, 0.5) is 11.4 Å². The minimum atomic E-state index is -0.105. The summed E-state index contributed by atoms with van der Waals surface area (Å²) < 4.78 is 0. The van der Waals surface area contributed by atoms with Crippen LogP contribution in [0, 0.1) is 0 Å². The maximum absolute atomic E-state index is 11.6. The summed E-state index contributed by atoms with van der Waals surface area (Å²) in [6.45, 7) is 2.88. The third kappa shape index (κ3) is 3.37. The Morgan fingerprint density at radius 2 is 2.28 bits per heavy atom. The lowest BCUT2D eigenvalue weighted by Crippen LogP contribution is -2.24. The van der Waals surface area contributed by atoms with Crippen LogP contribution in [0.25, 0.3) is 0 Å². The smallest absolute Gasteiger partial charge is 0.225 e. The van der Waals surface area contributed by atoms with Gasteiger partial charge in [0.1, 0.15) is 0 Å². The molecule has 1 amide bonds. The van der Waals surface area contributed by atoms with Gasteiger partial charge in [-0.1, -0.05) is 6.07 Å². The first-order valence-corrected chi connectivity index (χ1v) is 5.96. The SMILES string of the molecule is CC(N)CC(=O)Nc1ccc2c(c1)N(C)CC2.Cl. The maximum atomic E-state index is 11.6. The molecule has 0 saturated carbocycles. The molecule has 5 heteroatoms. The molecule has 1 aromatic carbocycles. The lowest BCUT2D eigenvalue weighted by atomic mass is 10.1. The van der Waals surface area contributed by atoms with Gasteiger partial charge in [-0.2, -0.15) is 0 Å². The number of carbonyl (C=O) groups is 1. The van der Waals surface area contributed by atoms with E-state index in [4.69, 9.17) is 5.73 Å². The third-order valence-electron chi connectivity index (χ3n) is 3.00. The highest BCUT2D eigenvalue weighted by atomic mass is 35.5. The summed E-state index contributed by atoms with van der Waals surface area (Å²) in [4.78, 5) is 13.8. The number of benzene rings is 1. The largest absolute Gasteiger partial charge is 0.374 e. The van der Waals surface area contributed by atoms with Crippen LogP contribution in [0.3, 0.4) is 0 Å². The molecule has 1 atom stereocenters. The lowest BCUT2D eigenvalue weighted by Gasteiger charge is -2.14. The molecule has 0 radical (unpaired) electrons. The van der Waals surface area contributed by atoms with Gasteiger partial charge in [0.2, 0.25) is 5.91 Å². The summed E-state index contributed by atoms with van der Waals surface area (Å²) >= 11 is 0. The molecule has 1 aromatic rings. The monoisotopic (exact) mass is 269 g/mol. The van der Waals surface area contributed by atoms with E-state index in [1.807, 2.05) is 19.1 Å². The first-order chi connectivity index (χ1) is 8.06. The van der Waals surface area contributed by atoms with E-state index in [-0.39, 0.29) is 24.4 Å². The minimum absolute atomic E-state index is 0. The van der Waals surface area contributed by atoms with E-state index in [0.717, 1.165) is 18.7 Å². The molecule has 3 N–H and O–H groups in total. The van der Waals surface area contributed by atoms with Crippen molar-refractivity contribution < 1.29 is 4.79 Å². The van der Waals surface area contributed by atoms with Gasteiger partial charge in [-0.25, -0.2) is 0 Å². The third-order valence-corrected chi connectivity index (χ3v) is 3.00. The van der Waals surface area contributed by atoms with Gasteiger partial charge in [-0.05, 0) is 31.0 Å². The van der Waals surface area contributed by atoms with Crippen LogP contribution in [-0.2, 0) is 11.2 Å². The van der Waals surface area contributed by atoms with Gasteiger partial charge in [0.25, 0.3) is 0 Å². The van der Waals surface area contributed by atoms with Crippen molar-refractivity contribution in [3.63, 3.8) is 0 Å². The standard InChI is InChI=1S/C13H19N3O.ClH/c1-9(14)7-13(17)15-11-4-3-10-5-6-16(2)12(10)8-11;/h3-4,8-9H,5-7,14H2,1-2H3,(H,15,17);1H. The van der Waals surface area contributed by atoms with Gasteiger partial charge in [0, 0.05) is 37.4 Å². The van der Waals surface area contributed by atoms with E-state index in [0.29, 0.717) is 6.42 Å². The molecule has 0 spiro atoms. The quantitative estimate of drug-likeness (QED) is 0.879. The van der Waals surface area contributed by atoms with E-state index < -0.39 is 0 Å². The highest BCUT2D eigenvalue weighted by Crippen LogP contribution is 2.29. The second kappa shape index (κ2) is 6.07. The summed E-state index contributed by atoms with van der Waals surface area (Å²) in [6, 6.07) is 5.96. The van der Waals surface area contributed by atoms with Crippen LogP contribution in [0.1, 0.15) is 18.9 Å².